The summed E-state index contributed by atoms with van der Waals surface area (Å²) in [7, 11) is 0. The first-order chi connectivity index (χ1) is 11.7. The largest absolute Gasteiger partial charge is 0.391 e. The first-order valence-corrected chi connectivity index (χ1v) is 9.69. The summed E-state index contributed by atoms with van der Waals surface area (Å²) in [6.07, 6.45) is 10.7. The number of nitrogens with zero attached hydrogens (tertiary/aromatic N) is 3. The van der Waals surface area contributed by atoms with E-state index in [1.54, 1.807) is 17.0 Å². The van der Waals surface area contributed by atoms with E-state index < -0.39 is 0 Å². The molecule has 0 bridgehead atoms. The lowest BCUT2D eigenvalue weighted by molar-refractivity contribution is 0.00273. The summed E-state index contributed by atoms with van der Waals surface area (Å²) in [5, 5.41) is 10.2. The van der Waals surface area contributed by atoms with Crippen molar-refractivity contribution in [2.75, 3.05) is 13.1 Å². The average molecular weight is 331 g/mol. The van der Waals surface area contributed by atoms with Crippen molar-refractivity contribution in [3.05, 3.63) is 28.4 Å². The third kappa shape index (κ3) is 3.57. The van der Waals surface area contributed by atoms with E-state index in [0.29, 0.717) is 17.9 Å². The fourth-order valence-electron chi connectivity index (χ4n) is 4.44. The van der Waals surface area contributed by atoms with Crippen LogP contribution in [0, 0.1) is 5.92 Å². The third-order valence-corrected chi connectivity index (χ3v) is 6.16. The molecule has 132 valence electrons. The summed E-state index contributed by atoms with van der Waals surface area (Å²) in [5.74, 6) is 1.09. The highest BCUT2D eigenvalue weighted by Crippen LogP contribution is 2.38. The third-order valence-electron chi connectivity index (χ3n) is 6.16. The van der Waals surface area contributed by atoms with Crippen LogP contribution in [0.15, 0.2) is 17.2 Å². The molecule has 0 amide bonds. The molecule has 1 saturated heterocycles. The first kappa shape index (κ1) is 16.3. The van der Waals surface area contributed by atoms with Gasteiger partial charge in [0.2, 0.25) is 0 Å². The zero-order valence-electron chi connectivity index (χ0n) is 14.4. The van der Waals surface area contributed by atoms with Crippen LogP contribution in [-0.2, 0) is 6.54 Å². The smallest absolute Gasteiger partial charge is 0.253 e. The molecule has 0 aromatic carbocycles. The zero-order valence-corrected chi connectivity index (χ0v) is 14.4. The minimum Gasteiger partial charge on any atom is -0.391 e. The Kier molecular flexibility index (Phi) is 4.72. The van der Waals surface area contributed by atoms with Gasteiger partial charge in [-0.25, -0.2) is 4.98 Å². The lowest BCUT2D eigenvalue weighted by atomic mass is 9.88. The zero-order chi connectivity index (χ0) is 16.5. The van der Waals surface area contributed by atoms with Crippen molar-refractivity contribution < 1.29 is 5.11 Å². The van der Waals surface area contributed by atoms with Crippen molar-refractivity contribution in [3.8, 4) is 0 Å². The Morgan fingerprint density at radius 3 is 2.50 bits per heavy atom. The van der Waals surface area contributed by atoms with Crippen LogP contribution >= 0.6 is 0 Å². The molecule has 4 rings (SSSR count). The molecule has 1 N–H and O–H groups in total. The van der Waals surface area contributed by atoms with E-state index in [1.807, 2.05) is 0 Å². The SMILES string of the molecule is O=c1cc(C2CC2)ncn1CC1CCN(C2CCCCC2O)CC1. The molecule has 3 aliphatic rings. The molecule has 2 atom stereocenters. The van der Waals surface area contributed by atoms with Gasteiger partial charge in [-0.2, -0.15) is 0 Å². The van der Waals surface area contributed by atoms with Gasteiger partial charge in [0.15, 0.2) is 0 Å². The highest BCUT2D eigenvalue weighted by molar-refractivity contribution is 5.12. The van der Waals surface area contributed by atoms with Crippen molar-refractivity contribution in [3.63, 3.8) is 0 Å². The summed E-state index contributed by atoms with van der Waals surface area (Å²) < 4.78 is 1.79. The summed E-state index contributed by atoms with van der Waals surface area (Å²) in [6, 6.07) is 2.10. The van der Waals surface area contributed by atoms with Crippen LogP contribution in [0.3, 0.4) is 0 Å². The molecule has 1 aliphatic heterocycles. The second-order valence-corrected chi connectivity index (χ2v) is 7.98. The number of rotatable bonds is 4. The molecule has 24 heavy (non-hydrogen) atoms. The Hall–Kier alpha value is -1.20. The van der Waals surface area contributed by atoms with Crippen molar-refractivity contribution in [1.82, 2.24) is 14.5 Å². The Bertz CT molecular complexity index is 617. The van der Waals surface area contributed by atoms with Crippen LogP contribution in [0.1, 0.15) is 63.0 Å². The van der Waals surface area contributed by atoms with Gasteiger partial charge in [-0.3, -0.25) is 14.3 Å². The maximum absolute atomic E-state index is 12.3. The van der Waals surface area contributed by atoms with Gasteiger partial charge < -0.3 is 5.11 Å². The molecule has 2 unspecified atom stereocenters. The predicted molar refractivity (Wildman–Crippen MR) is 93.0 cm³/mol. The van der Waals surface area contributed by atoms with E-state index in [4.69, 9.17) is 0 Å². The fraction of sp³-hybridized carbons (Fsp3) is 0.789. The topological polar surface area (TPSA) is 58.4 Å². The monoisotopic (exact) mass is 331 g/mol. The second-order valence-electron chi connectivity index (χ2n) is 7.98. The Morgan fingerprint density at radius 1 is 1.08 bits per heavy atom. The molecule has 0 radical (unpaired) electrons. The molecule has 2 heterocycles. The number of aliphatic hydroxyl groups is 1. The van der Waals surface area contributed by atoms with Crippen molar-refractivity contribution in [2.45, 2.75) is 76.0 Å². The van der Waals surface area contributed by atoms with Crippen LogP contribution in [-0.4, -0.2) is 44.8 Å². The van der Waals surface area contributed by atoms with Gasteiger partial charge in [-0.05, 0) is 57.5 Å². The van der Waals surface area contributed by atoms with Crippen LogP contribution in [0.4, 0.5) is 0 Å². The maximum Gasteiger partial charge on any atom is 0.253 e. The van der Waals surface area contributed by atoms with E-state index >= 15 is 0 Å². The summed E-state index contributed by atoms with van der Waals surface area (Å²) >= 11 is 0. The van der Waals surface area contributed by atoms with Gasteiger partial charge in [0.05, 0.1) is 18.1 Å². The molecular formula is C19H29N3O2. The normalized spacial score (nSPS) is 29.7. The Labute approximate surface area is 143 Å². The second kappa shape index (κ2) is 6.96. The maximum atomic E-state index is 12.3. The molecule has 3 fully saturated rings. The summed E-state index contributed by atoms with van der Waals surface area (Å²) in [5.41, 5.74) is 1.09. The quantitative estimate of drug-likeness (QED) is 0.918. The van der Waals surface area contributed by atoms with Gasteiger partial charge in [0.1, 0.15) is 0 Å². The van der Waals surface area contributed by atoms with E-state index in [1.165, 1.54) is 25.7 Å². The van der Waals surface area contributed by atoms with Gasteiger partial charge in [0.25, 0.3) is 5.56 Å². The Balaban J connectivity index is 1.32. The molecule has 1 aromatic rings. The minimum absolute atomic E-state index is 0.108. The molecule has 0 spiro atoms. The number of aliphatic hydroxyl groups excluding tert-OH is 1. The van der Waals surface area contributed by atoms with Crippen molar-refractivity contribution in [1.29, 1.82) is 0 Å². The number of likely N-dealkylation sites (tertiary alicyclic amines) is 1. The van der Waals surface area contributed by atoms with Gasteiger partial charge in [-0.1, -0.05) is 12.8 Å². The van der Waals surface area contributed by atoms with Crippen molar-refractivity contribution >= 4 is 0 Å². The molecule has 1 aromatic heterocycles. The van der Waals surface area contributed by atoms with Crippen LogP contribution in [0.25, 0.3) is 0 Å². The number of hydrogen-bond donors (Lipinski definition) is 1. The van der Waals surface area contributed by atoms with E-state index in [0.717, 1.165) is 51.0 Å². The molecule has 2 aliphatic carbocycles. The van der Waals surface area contributed by atoms with Gasteiger partial charge in [-0.15, -0.1) is 0 Å². The van der Waals surface area contributed by atoms with E-state index in [2.05, 4.69) is 9.88 Å². The Morgan fingerprint density at radius 2 is 1.83 bits per heavy atom. The fourth-order valence-corrected chi connectivity index (χ4v) is 4.44. The highest BCUT2D eigenvalue weighted by Gasteiger charge is 2.31. The molecular weight excluding hydrogens is 302 g/mol. The van der Waals surface area contributed by atoms with Gasteiger partial charge >= 0.3 is 0 Å². The number of hydrogen-bond acceptors (Lipinski definition) is 4. The lowest BCUT2D eigenvalue weighted by Gasteiger charge is -2.41. The molecule has 5 nitrogen and oxygen atoms in total. The van der Waals surface area contributed by atoms with Crippen LogP contribution in [0.2, 0.25) is 0 Å². The number of aromatic nitrogens is 2. The van der Waals surface area contributed by atoms with Crippen molar-refractivity contribution in [2.24, 2.45) is 5.92 Å². The summed E-state index contributed by atoms with van der Waals surface area (Å²) in [4.78, 5) is 19.2. The highest BCUT2D eigenvalue weighted by atomic mass is 16.3. The first-order valence-electron chi connectivity index (χ1n) is 9.69. The minimum atomic E-state index is -0.142. The average Bonchev–Trinajstić information content (AvgIpc) is 3.43. The van der Waals surface area contributed by atoms with Crippen LogP contribution < -0.4 is 5.56 Å². The molecule has 2 saturated carbocycles. The van der Waals surface area contributed by atoms with Gasteiger partial charge in [0, 0.05) is 24.6 Å². The van der Waals surface area contributed by atoms with E-state index in [9.17, 15) is 9.90 Å². The lowest BCUT2D eigenvalue weighted by Crippen LogP contribution is -2.49. The predicted octanol–water partition coefficient (Wildman–Crippen LogP) is 2.14. The van der Waals surface area contributed by atoms with E-state index in [-0.39, 0.29) is 11.7 Å². The molecule has 5 heteroatoms. The number of piperidine rings is 1. The van der Waals surface area contributed by atoms with Crippen LogP contribution in [0.5, 0.6) is 0 Å². The summed E-state index contributed by atoms with van der Waals surface area (Å²) in [6.45, 7) is 2.89. The standard InChI is InChI=1S/C19H29N3O2/c23-18-4-2-1-3-17(18)21-9-7-14(8-10-21)12-22-13-20-16(11-19(22)24)15-5-6-15/h11,13-15,17-18,23H,1-10,12H2.